The summed E-state index contributed by atoms with van der Waals surface area (Å²) in [6.07, 6.45) is 0.586. The zero-order valence-electron chi connectivity index (χ0n) is 9.73. The maximum absolute atomic E-state index is 11.2. The van der Waals surface area contributed by atoms with E-state index in [1.165, 1.54) is 6.92 Å². The summed E-state index contributed by atoms with van der Waals surface area (Å²) >= 11 is 0. The molecule has 0 heterocycles. The van der Waals surface area contributed by atoms with Crippen molar-refractivity contribution in [3.63, 3.8) is 0 Å². The van der Waals surface area contributed by atoms with Gasteiger partial charge in [0.1, 0.15) is 0 Å². The number of nitrogens with zero attached hydrogens (tertiary/aromatic N) is 1. The Morgan fingerprint density at radius 1 is 1.41 bits per heavy atom. The highest BCUT2D eigenvalue weighted by atomic mass is 16.1. The predicted octanol–water partition coefficient (Wildman–Crippen LogP) is 0.904. The Morgan fingerprint density at radius 3 is 2.82 bits per heavy atom. The van der Waals surface area contributed by atoms with Crippen molar-refractivity contribution in [1.29, 1.82) is 0 Å². The van der Waals surface area contributed by atoms with Crippen LogP contribution in [-0.4, -0.2) is 18.3 Å². The molecule has 0 bridgehead atoms. The standard InChI is InChI=1S/C13H15N3O/c1-10(17)12-7-4-6-11(9-12)5-2-3-8-16-13(14)15/h4,6-7,9H,3,8H2,1H3,(H4,14,15,16). The molecular formula is C13H15N3O. The minimum absolute atomic E-state index is 0.0363. The lowest BCUT2D eigenvalue weighted by Crippen LogP contribution is -2.22. The first-order valence-corrected chi connectivity index (χ1v) is 5.25. The van der Waals surface area contributed by atoms with Gasteiger partial charge >= 0.3 is 0 Å². The van der Waals surface area contributed by atoms with E-state index in [2.05, 4.69) is 16.8 Å². The summed E-state index contributed by atoms with van der Waals surface area (Å²) in [5.41, 5.74) is 11.9. The van der Waals surface area contributed by atoms with Gasteiger partial charge in [0, 0.05) is 17.5 Å². The van der Waals surface area contributed by atoms with Crippen LogP contribution in [-0.2, 0) is 0 Å². The largest absolute Gasteiger partial charge is 0.370 e. The Bertz CT molecular complexity index is 491. The first-order chi connectivity index (χ1) is 8.09. The zero-order valence-corrected chi connectivity index (χ0v) is 9.73. The van der Waals surface area contributed by atoms with E-state index in [0.29, 0.717) is 18.5 Å². The molecule has 0 atom stereocenters. The molecule has 17 heavy (non-hydrogen) atoms. The molecule has 0 unspecified atom stereocenters. The highest BCUT2D eigenvalue weighted by Crippen LogP contribution is 2.04. The van der Waals surface area contributed by atoms with Crippen LogP contribution in [0.25, 0.3) is 0 Å². The summed E-state index contributed by atoms with van der Waals surface area (Å²) in [4.78, 5) is 15.0. The lowest BCUT2D eigenvalue weighted by Gasteiger charge is -1.95. The summed E-state index contributed by atoms with van der Waals surface area (Å²) in [5.74, 6) is 6.01. The van der Waals surface area contributed by atoms with Crippen LogP contribution in [0.1, 0.15) is 29.3 Å². The second-order valence-electron chi connectivity index (χ2n) is 3.50. The topological polar surface area (TPSA) is 81.5 Å². The van der Waals surface area contributed by atoms with Crippen LogP contribution in [0, 0.1) is 11.8 Å². The van der Waals surface area contributed by atoms with Gasteiger partial charge in [-0.25, -0.2) is 0 Å². The van der Waals surface area contributed by atoms with E-state index in [1.807, 2.05) is 12.1 Å². The smallest absolute Gasteiger partial charge is 0.185 e. The lowest BCUT2D eigenvalue weighted by atomic mass is 10.1. The first-order valence-electron chi connectivity index (χ1n) is 5.25. The molecule has 0 saturated carbocycles. The van der Waals surface area contributed by atoms with Crippen molar-refractivity contribution in [3.8, 4) is 11.8 Å². The molecule has 0 aliphatic rings. The average molecular weight is 229 g/mol. The summed E-state index contributed by atoms with van der Waals surface area (Å²) in [5, 5.41) is 0. The number of benzene rings is 1. The molecule has 0 fully saturated rings. The molecule has 4 heteroatoms. The quantitative estimate of drug-likeness (QED) is 0.266. The number of guanidine groups is 1. The molecule has 88 valence electrons. The first kappa shape index (κ1) is 12.8. The Kier molecular flexibility index (Phi) is 4.77. The second-order valence-corrected chi connectivity index (χ2v) is 3.50. The summed E-state index contributed by atoms with van der Waals surface area (Å²) in [7, 11) is 0. The van der Waals surface area contributed by atoms with Gasteiger partial charge in [-0.05, 0) is 19.1 Å². The van der Waals surface area contributed by atoms with Crippen LogP contribution >= 0.6 is 0 Å². The number of Topliss-reactive ketones (excluding diaryl/α,β-unsaturated/α-hetero) is 1. The van der Waals surface area contributed by atoms with E-state index in [0.717, 1.165) is 5.56 Å². The van der Waals surface area contributed by atoms with Crippen LogP contribution in [0.5, 0.6) is 0 Å². The Balaban J connectivity index is 2.63. The predicted molar refractivity (Wildman–Crippen MR) is 68.6 cm³/mol. The number of ketones is 1. The van der Waals surface area contributed by atoms with Gasteiger partial charge in [-0.3, -0.25) is 9.79 Å². The maximum Gasteiger partial charge on any atom is 0.185 e. The van der Waals surface area contributed by atoms with Crippen molar-refractivity contribution in [3.05, 3.63) is 35.4 Å². The van der Waals surface area contributed by atoms with E-state index in [9.17, 15) is 4.79 Å². The van der Waals surface area contributed by atoms with Crippen LogP contribution in [0.4, 0.5) is 0 Å². The molecule has 0 saturated heterocycles. The lowest BCUT2D eigenvalue weighted by molar-refractivity contribution is 0.101. The van der Waals surface area contributed by atoms with E-state index < -0.39 is 0 Å². The van der Waals surface area contributed by atoms with Gasteiger partial charge in [0.15, 0.2) is 11.7 Å². The number of hydrogen-bond acceptors (Lipinski definition) is 2. The van der Waals surface area contributed by atoms with Crippen LogP contribution < -0.4 is 11.5 Å². The maximum atomic E-state index is 11.2. The van der Waals surface area contributed by atoms with Gasteiger partial charge in [0.05, 0.1) is 6.54 Å². The molecule has 0 aliphatic carbocycles. The van der Waals surface area contributed by atoms with E-state index >= 15 is 0 Å². The average Bonchev–Trinajstić information content (AvgIpc) is 2.28. The van der Waals surface area contributed by atoms with Crippen molar-refractivity contribution in [2.75, 3.05) is 6.54 Å². The highest BCUT2D eigenvalue weighted by molar-refractivity contribution is 5.94. The van der Waals surface area contributed by atoms with Crippen molar-refractivity contribution < 1.29 is 4.79 Å². The van der Waals surface area contributed by atoms with Gasteiger partial charge in [-0.2, -0.15) is 0 Å². The van der Waals surface area contributed by atoms with Crippen molar-refractivity contribution >= 4 is 11.7 Å². The highest BCUT2D eigenvalue weighted by Gasteiger charge is 1.97. The summed E-state index contributed by atoms with van der Waals surface area (Å²) in [6.45, 7) is 2.02. The molecule has 0 aromatic heterocycles. The Morgan fingerprint density at radius 2 is 2.18 bits per heavy atom. The van der Waals surface area contributed by atoms with Crippen molar-refractivity contribution in [2.45, 2.75) is 13.3 Å². The fraction of sp³-hybridized carbons (Fsp3) is 0.231. The fourth-order valence-electron chi connectivity index (χ4n) is 1.22. The molecule has 1 aromatic carbocycles. The number of nitrogens with two attached hydrogens (primary N) is 2. The van der Waals surface area contributed by atoms with Crippen LogP contribution in [0.15, 0.2) is 29.3 Å². The van der Waals surface area contributed by atoms with Gasteiger partial charge < -0.3 is 11.5 Å². The Labute approximate surface area is 101 Å². The SMILES string of the molecule is CC(=O)c1cccc(C#CCCN=C(N)N)c1. The minimum atomic E-state index is 0.0363. The van der Waals surface area contributed by atoms with Gasteiger partial charge in [0.25, 0.3) is 0 Å². The zero-order chi connectivity index (χ0) is 12.7. The molecule has 1 aromatic rings. The van der Waals surface area contributed by atoms with Crippen LogP contribution in [0.3, 0.4) is 0 Å². The third kappa shape index (κ3) is 4.85. The summed E-state index contributed by atoms with van der Waals surface area (Å²) < 4.78 is 0. The van der Waals surface area contributed by atoms with Crippen molar-refractivity contribution in [1.82, 2.24) is 0 Å². The number of aliphatic imine (C=N–C) groups is 1. The molecule has 0 amide bonds. The molecule has 0 aliphatic heterocycles. The monoisotopic (exact) mass is 229 g/mol. The number of rotatable bonds is 3. The van der Waals surface area contributed by atoms with E-state index in [4.69, 9.17) is 11.5 Å². The third-order valence-electron chi connectivity index (χ3n) is 2.03. The molecule has 0 spiro atoms. The third-order valence-corrected chi connectivity index (χ3v) is 2.03. The van der Waals surface area contributed by atoms with Gasteiger partial charge in [0.2, 0.25) is 0 Å². The molecule has 1 rings (SSSR count). The fourth-order valence-corrected chi connectivity index (χ4v) is 1.22. The molecule has 0 radical (unpaired) electrons. The molecular weight excluding hydrogens is 214 g/mol. The second kappa shape index (κ2) is 6.33. The Hall–Kier alpha value is -2.28. The number of hydrogen-bond donors (Lipinski definition) is 2. The number of carbonyl (C=O) groups is 1. The van der Waals surface area contributed by atoms with E-state index in [1.54, 1.807) is 12.1 Å². The van der Waals surface area contributed by atoms with Gasteiger partial charge in [-0.15, -0.1) is 0 Å². The number of carbonyl (C=O) groups excluding carboxylic acids is 1. The normalized spacial score (nSPS) is 9.00. The minimum Gasteiger partial charge on any atom is -0.370 e. The van der Waals surface area contributed by atoms with Gasteiger partial charge in [-0.1, -0.05) is 24.0 Å². The van der Waals surface area contributed by atoms with E-state index in [-0.39, 0.29) is 11.7 Å². The molecule has 4 nitrogen and oxygen atoms in total. The summed E-state index contributed by atoms with van der Waals surface area (Å²) in [6, 6.07) is 7.22. The molecule has 4 N–H and O–H groups in total. The van der Waals surface area contributed by atoms with Crippen LogP contribution in [0.2, 0.25) is 0 Å². The van der Waals surface area contributed by atoms with Crippen molar-refractivity contribution in [2.24, 2.45) is 16.5 Å².